The van der Waals surface area contributed by atoms with Crippen LogP contribution >= 0.6 is 0 Å². The third-order valence-corrected chi connectivity index (χ3v) is 3.23. The molecule has 1 atom stereocenters. The Labute approximate surface area is 121 Å². The maximum absolute atomic E-state index is 11.5. The van der Waals surface area contributed by atoms with Crippen LogP contribution in [0.3, 0.4) is 0 Å². The van der Waals surface area contributed by atoms with Crippen molar-refractivity contribution in [2.75, 3.05) is 19.8 Å². The normalized spacial score (nSPS) is 17.9. The zero-order valence-electron chi connectivity index (χ0n) is 12.4. The van der Waals surface area contributed by atoms with Gasteiger partial charge >= 0.3 is 11.9 Å². The Balaban J connectivity index is 1.93. The van der Waals surface area contributed by atoms with Crippen molar-refractivity contribution >= 4 is 11.9 Å². The summed E-state index contributed by atoms with van der Waals surface area (Å²) in [5.74, 6) is -0.493. The lowest BCUT2D eigenvalue weighted by atomic mass is 10.2. The molecule has 0 N–H and O–H groups in total. The van der Waals surface area contributed by atoms with Gasteiger partial charge in [-0.1, -0.05) is 19.8 Å². The van der Waals surface area contributed by atoms with E-state index in [9.17, 15) is 9.59 Å². The quantitative estimate of drug-likeness (QED) is 0.456. The van der Waals surface area contributed by atoms with E-state index in [1.165, 1.54) is 0 Å². The standard InChI is InChI=1S/C15H26O5/c1-2-3-4-10-19-14(16)8-5-9-15(17)20-12-13-7-6-11-18-13/h13H,2-12H2,1H3. The van der Waals surface area contributed by atoms with E-state index in [4.69, 9.17) is 14.2 Å². The van der Waals surface area contributed by atoms with Gasteiger partial charge in [-0.05, 0) is 25.7 Å². The molecule has 1 fully saturated rings. The van der Waals surface area contributed by atoms with E-state index in [1.807, 2.05) is 0 Å². The lowest BCUT2D eigenvalue weighted by Gasteiger charge is -2.10. The zero-order valence-corrected chi connectivity index (χ0v) is 12.4. The highest BCUT2D eigenvalue weighted by molar-refractivity contribution is 5.72. The Bertz CT molecular complexity index is 284. The van der Waals surface area contributed by atoms with Gasteiger partial charge in [-0.2, -0.15) is 0 Å². The summed E-state index contributed by atoms with van der Waals surface area (Å²) in [5.41, 5.74) is 0. The molecular weight excluding hydrogens is 260 g/mol. The molecule has 116 valence electrons. The summed E-state index contributed by atoms with van der Waals surface area (Å²) in [4.78, 5) is 22.8. The summed E-state index contributed by atoms with van der Waals surface area (Å²) in [5, 5.41) is 0. The fourth-order valence-electron chi connectivity index (χ4n) is 2.02. The molecule has 1 unspecified atom stereocenters. The zero-order chi connectivity index (χ0) is 14.6. The predicted molar refractivity (Wildman–Crippen MR) is 74.3 cm³/mol. The fourth-order valence-corrected chi connectivity index (χ4v) is 2.02. The second-order valence-electron chi connectivity index (χ2n) is 5.10. The molecular formula is C15H26O5. The van der Waals surface area contributed by atoms with E-state index < -0.39 is 0 Å². The molecule has 0 aromatic rings. The van der Waals surface area contributed by atoms with Crippen LogP contribution in [0.15, 0.2) is 0 Å². The number of unbranched alkanes of at least 4 members (excludes halogenated alkanes) is 2. The molecule has 1 rings (SSSR count). The molecule has 0 radical (unpaired) electrons. The topological polar surface area (TPSA) is 61.8 Å². The summed E-state index contributed by atoms with van der Waals surface area (Å²) in [7, 11) is 0. The Morgan fingerprint density at radius 3 is 2.50 bits per heavy atom. The molecule has 5 nitrogen and oxygen atoms in total. The highest BCUT2D eigenvalue weighted by Gasteiger charge is 2.17. The number of carbonyl (C=O) groups is 2. The summed E-state index contributed by atoms with van der Waals surface area (Å²) in [6.45, 7) is 3.67. The Morgan fingerprint density at radius 1 is 1.10 bits per heavy atom. The molecule has 1 aliphatic heterocycles. The first kappa shape index (κ1) is 17.0. The first-order chi connectivity index (χ1) is 9.72. The molecule has 1 aliphatic rings. The number of hydrogen-bond acceptors (Lipinski definition) is 5. The van der Waals surface area contributed by atoms with Crippen LogP contribution < -0.4 is 0 Å². The molecule has 0 bridgehead atoms. The van der Waals surface area contributed by atoms with Crippen molar-refractivity contribution in [3.63, 3.8) is 0 Å². The third kappa shape index (κ3) is 8.15. The van der Waals surface area contributed by atoms with Crippen LogP contribution in [0.5, 0.6) is 0 Å². The van der Waals surface area contributed by atoms with Crippen LogP contribution in [-0.4, -0.2) is 37.9 Å². The average Bonchev–Trinajstić information content (AvgIpc) is 2.95. The molecule has 1 saturated heterocycles. The van der Waals surface area contributed by atoms with Crippen LogP contribution in [0.4, 0.5) is 0 Å². The number of rotatable bonds is 10. The molecule has 5 heteroatoms. The van der Waals surface area contributed by atoms with Crippen LogP contribution in [0.2, 0.25) is 0 Å². The van der Waals surface area contributed by atoms with Gasteiger partial charge in [-0.25, -0.2) is 0 Å². The summed E-state index contributed by atoms with van der Waals surface area (Å²) < 4.78 is 15.5. The summed E-state index contributed by atoms with van der Waals surface area (Å²) in [6.07, 6.45) is 6.16. The van der Waals surface area contributed by atoms with Gasteiger partial charge in [0.1, 0.15) is 6.61 Å². The molecule has 0 saturated carbocycles. The molecule has 20 heavy (non-hydrogen) atoms. The number of esters is 2. The van der Waals surface area contributed by atoms with Crippen molar-refractivity contribution in [3.8, 4) is 0 Å². The molecule has 0 amide bonds. The van der Waals surface area contributed by atoms with Crippen molar-refractivity contribution in [2.24, 2.45) is 0 Å². The minimum atomic E-state index is -0.265. The van der Waals surface area contributed by atoms with Crippen molar-refractivity contribution in [1.29, 1.82) is 0 Å². The Kier molecular flexibility index (Phi) is 9.04. The second kappa shape index (κ2) is 10.7. The highest BCUT2D eigenvalue weighted by Crippen LogP contribution is 2.12. The lowest BCUT2D eigenvalue weighted by molar-refractivity contribution is -0.147. The second-order valence-corrected chi connectivity index (χ2v) is 5.10. The van der Waals surface area contributed by atoms with Gasteiger partial charge in [0.25, 0.3) is 0 Å². The van der Waals surface area contributed by atoms with E-state index >= 15 is 0 Å². The van der Waals surface area contributed by atoms with Crippen LogP contribution in [0.25, 0.3) is 0 Å². The molecule has 0 aliphatic carbocycles. The van der Waals surface area contributed by atoms with Gasteiger partial charge in [0.2, 0.25) is 0 Å². The van der Waals surface area contributed by atoms with E-state index in [-0.39, 0.29) is 30.9 Å². The molecule has 0 aromatic heterocycles. The van der Waals surface area contributed by atoms with Gasteiger partial charge in [0.15, 0.2) is 0 Å². The number of carbonyl (C=O) groups excluding carboxylic acids is 2. The van der Waals surface area contributed by atoms with E-state index in [0.717, 1.165) is 38.7 Å². The van der Waals surface area contributed by atoms with Gasteiger partial charge in [-0.15, -0.1) is 0 Å². The minimum absolute atomic E-state index is 0.0579. The fraction of sp³-hybridized carbons (Fsp3) is 0.867. The Morgan fingerprint density at radius 2 is 1.85 bits per heavy atom. The lowest BCUT2D eigenvalue weighted by Crippen LogP contribution is -2.17. The van der Waals surface area contributed by atoms with Crippen molar-refractivity contribution < 1.29 is 23.8 Å². The Hall–Kier alpha value is -1.10. The smallest absolute Gasteiger partial charge is 0.305 e. The van der Waals surface area contributed by atoms with Crippen LogP contribution in [-0.2, 0) is 23.8 Å². The predicted octanol–water partition coefficient (Wildman–Crippen LogP) is 2.61. The molecule has 1 heterocycles. The van der Waals surface area contributed by atoms with Gasteiger partial charge in [0.05, 0.1) is 12.7 Å². The van der Waals surface area contributed by atoms with Gasteiger partial charge in [0, 0.05) is 19.4 Å². The van der Waals surface area contributed by atoms with Gasteiger partial charge < -0.3 is 14.2 Å². The SMILES string of the molecule is CCCCCOC(=O)CCCC(=O)OCC1CCCO1. The van der Waals surface area contributed by atoms with Crippen LogP contribution in [0.1, 0.15) is 58.3 Å². The maximum atomic E-state index is 11.5. The number of hydrogen-bond donors (Lipinski definition) is 0. The first-order valence-corrected chi connectivity index (χ1v) is 7.65. The largest absolute Gasteiger partial charge is 0.466 e. The monoisotopic (exact) mass is 286 g/mol. The van der Waals surface area contributed by atoms with Crippen molar-refractivity contribution in [1.82, 2.24) is 0 Å². The highest BCUT2D eigenvalue weighted by atomic mass is 16.6. The maximum Gasteiger partial charge on any atom is 0.305 e. The van der Waals surface area contributed by atoms with Crippen molar-refractivity contribution in [3.05, 3.63) is 0 Å². The van der Waals surface area contributed by atoms with Crippen LogP contribution in [0, 0.1) is 0 Å². The average molecular weight is 286 g/mol. The van der Waals surface area contributed by atoms with E-state index in [2.05, 4.69) is 6.92 Å². The van der Waals surface area contributed by atoms with Crippen molar-refractivity contribution in [2.45, 2.75) is 64.4 Å². The van der Waals surface area contributed by atoms with E-state index in [1.54, 1.807) is 0 Å². The molecule has 0 aromatic carbocycles. The molecule has 0 spiro atoms. The van der Waals surface area contributed by atoms with E-state index in [0.29, 0.717) is 19.6 Å². The van der Waals surface area contributed by atoms with Gasteiger partial charge in [-0.3, -0.25) is 9.59 Å². The number of ether oxygens (including phenoxy) is 3. The summed E-state index contributed by atoms with van der Waals surface area (Å²) in [6, 6.07) is 0. The summed E-state index contributed by atoms with van der Waals surface area (Å²) >= 11 is 0. The minimum Gasteiger partial charge on any atom is -0.466 e. The third-order valence-electron chi connectivity index (χ3n) is 3.23. The first-order valence-electron chi connectivity index (χ1n) is 7.65.